The van der Waals surface area contributed by atoms with Crippen LogP contribution >= 0.6 is 11.3 Å². The fourth-order valence-electron chi connectivity index (χ4n) is 3.61. The second-order valence-electron chi connectivity index (χ2n) is 6.74. The fourth-order valence-corrected chi connectivity index (χ4v) is 4.38. The zero-order chi connectivity index (χ0) is 17.3. The summed E-state index contributed by atoms with van der Waals surface area (Å²) in [6, 6.07) is 9.24. The van der Waals surface area contributed by atoms with Crippen LogP contribution in [0.4, 0.5) is 0 Å². The van der Waals surface area contributed by atoms with E-state index in [1.165, 1.54) is 15.6 Å². The molecule has 0 atom stereocenters. The van der Waals surface area contributed by atoms with Gasteiger partial charge in [0.05, 0.1) is 12.2 Å². The van der Waals surface area contributed by atoms with Crippen LogP contribution in [0.25, 0.3) is 21.6 Å². The predicted octanol–water partition coefficient (Wildman–Crippen LogP) is 3.33. The molecule has 3 aromatic heterocycles. The standard InChI is InChI=1S/C19H20N6S/c1-2-18-15(5-10-26-18)11-14(1)12-24-9-8-21-19(24)17-13-25(23-22-17)16-3-6-20-7-4-16/h1-2,5,8-11,13,16,20H,3-4,6-7,12H2. The molecule has 26 heavy (non-hydrogen) atoms. The third-order valence-electron chi connectivity index (χ3n) is 5.01. The number of imidazole rings is 1. The molecule has 0 bridgehead atoms. The van der Waals surface area contributed by atoms with Crippen molar-refractivity contribution >= 4 is 21.4 Å². The zero-order valence-electron chi connectivity index (χ0n) is 14.4. The minimum atomic E-state index is 0.432. The van der Waals surface area contributed by atoms with Crippen molar-refractivity contribution in [2.75, 3.05) is 13.1 Å². The maximum absolute atomic E-state index is 4.53. The lowest BCUT2D eigenvalue weighted by molar-refractivity contribution is 0.337. The molecule has 1 N–H and O–H groups in total. The summed E-state index contributed by atoms with van der Waals surface area (Å²) in [6.07, 6.45) is 8.07. The van der Waals surface area contributed by atoms with Crippen molar-refractivity contribution in [2.45, 2.75) is 25.4 Å². The molecule has 4 aromatic rings. The summed E-state index contributed by atoms with van der Waals surface area (Å²) in [5.41, 5.74) is 2.10. The van der Waals surface area contributed by atoms with E-state index >= 15 is 0 Å². The van der Waals surface area contributed by atoms with Crippen LogP contribution in [-0.4, -0.2) is 37.6 Å². The first kappa shape index (κ1) is 15.7. The molecule has 0 spiro atoms. The molecule has 0 saturated carbocycles. The highest BCUT2D eigenvalue weighted by molar-refractivity contribution is 7.17. The third-order valence-corrected chi connectivity index (χ3v) is 5.91. The monoisotopic (exact) mass is 364 g/mol. The van der Waals surface area contributed by atoms with Crippen LogP contribution in [0.15, 0.2) is 48.2 Å². The number of hydrogen-bond donors (Lipinski definition) is 1. The molecule has 7 heteroatoms. The van der Waals surface area contributed by atoms with E-state index in [1.807, 2.05) is 23.3 Å². The molecule has 1 aliphatic rings. The minimum Gasteiger partial charge on any atom is -0.325 e. The summed E-state index contributed by atoms with van der Waals surface area (Å²) in [7, 11) is 0. The number of hydrogen-bond acceptors (Lipinski definition) is 5. The minimum absolute atomic E-state index is 0.432. The average molecular weight is 364 g/mol. The molecule has 4 heterocycles. The van der Waals surface area contributed by atoms with Gasteiger partial charge in [0.25, 0.3) is 0 Å². The Kier molecular flexibility index (Phi) is 4.03. The maximum Gasteiger partial charge on any atom is 0.162 e. The Hall–Kier alpha value is -2.51. The first-order chi connectivity index (χ1) is 12.9. The molecular formula is C19H20N6S. The molecule has 132 valence electrons. The topological polar surface area (TPSA) is 60.6 Å². The number of rotatable bonds is 4. The number of thiophene rings is 1. The number of piperidine rings is 1. The Morgan fingerprint density at radius 2 is 2.12 bits per heavy atom. The van der Waals surface area contributed by atoms with E-state index in [0.29, 0.717) is 6.04 Å². The summed E-state index contributed by atoms with van der Waals surface area (Å²) in [5.74, 6) is 0.871. The third kappa shape index (κ3) is 2.93. The Balaban J connectivity index is 1.41. The molecule has 0 unspecified atom stereocenters. The second kappa shape index (κ2) is 6.66. The Bertz CT molecular complexity index is 1020. The van der Waals surface area contributed by atoms with Gasteiger partial charge in [0.1, 0.15) is 5.69 Å². The van der Waals surface area contributed by atoms with E-state index in [1.54, 1.807) is 11.3 Å². The van der Waals surface area contributed by atoms with Crippen molar-refractivity contribution in [1.82, 2.24) is 29.9 Å². The molecule has 6 nitrogen and oxygen atoms in total. The van der Waals surface area contributed by atoms with Gasteiger partial charge < -0.3 is 9.88 Å². The van der Waals surface area contributed by atoms with Crippen LogP contribution in [-0.2, 0) is 6.54 Å². The predicted molar refractivity (Wildman–Crippen MR) is 103 cm³/mol. The molecule has 5 rings (SSSR count). The second-order valence-corrected chi connectivity index (χ2v) is 7.68. The molecule has 1 saturated heterocycles. The van der Waals surface area contributed by atoms with Crippen LogP contribution in [0.3, 0.4) is 0 Å². The maximum atomic E-state index is 4.53. The first-order valence-corrected chi connectivity index (χ1v) is 9.85. The van der Waals surface area contributed by atoms with E-state index in [4.69, 9.17) is 0 Å². The highest BCUT2D eigenvalue weighted by Gasteiger charge is 2.18. The summed E-state index contributed by atoms with van der Waals surface area (Å²) >= 11 is 1.78. The van der Waals surface area contributed by atoms with Gasteiger partial charge in [-0.15, -0.1) is 16.4 Å². The van der Waals surface area contributed by atoms with Crippen molar-refractivity contribution in [3.8, 4) is 11.5 Å². The van der Waals surface area contributed by atoms with Crippen molar-refractivity contribution < 1.29 is 0 Å². The number of nitrogens with zero attached hydrogens (tertiary/aromatic N) is 5. The Labute approximate surface area is 155 Å². The van der Waals surface area contributed by atoms with Crippen LogP contribution in [0.1, 0.15) is 24.4 Å². The van der Waals surface area contributed by atoms with E-state index in [9.17, 15) is 0 Å². The fraction of sp³-hybridized carbons (Fsp3) is 0.316. The van der Waals surface area contributed by atoms with Crippen molar-refractivity contribution in [3.05, 3.63) is 53.8 Å². The number of aromatic nitrogens is 5. The van der Waals surface area contributed by atoms with Crippen LogP contribution < -0.4 is 5.32 Å². The molecular weight excluding hydrogens is 344 g/mol. The lowest BCUT2D eigenvalue weighted by atomic mass is 10.1. The molecule has 0 radical (unpaired) electrons. The molecule has 1 aromatic carbocycles. The van der Waals surface area contributed by atoms with E-state index < -0.39 is 0 Å². The number of fused-ring (bicyclic) bond motifs is 1. The molecule has 0 amide bonds. The van der Waals surface area contributed by atoms with E-state index in [2.05, 4.69) is 54.8 Å². The quantitative estimate of drug-likeness (QED) is 0.603. The molecule has 0 aliphatic carbocycles. The number of nitrogens with one attached hydrogen (secondary N) is 1. The van der Waals surface area contributed by atoms with Crippen LogP contribution in [0, 0.1) is 0 Å². The normalized spacial score (nSPS) is 15.7. The van der Waals surface area contributed by atoms with Crippen molar-refractivity contribution in [2.24, 2.45) is 0 Å². The summed E-state index contributed by atoms with van der Waals surface area (Å²) in [5, 5.41) is 15.6. The van der Waals surface area contributed by atoms with Crippen LogP contribution in [0.2, 0.25) is 0 Å². The van der Waals surface area contributed by atoms with Gasteiger partial charge in [-0.1, -0.05) is 11.3 Å². The Morgan fingerprint density at radius 1 is 1.19 bits per heavy atom. The van der Waals surface area contributed by atoms with Gasteiger partial charge >= 0.3 is 0 Å². The summed E-state index contributed by atoms with van der Waals surface area (Å²) < 4.78 is 5.47. The lowest BCUT2D eigenvalue weighted by Gasteiger charge is -2.22. The molecule has 1 fully saturated rings. The lowest BCUT2D eigenvalue weighted by Crippen LogP contribution is -2.29. The highest BCUT2D eigenvalue weighted by atomic mass is 32.1. The van der Waals surface area contributed by atoms with Gasteiger partial charge in [0.2, 0.25) is 0 Å². The van der Waals surface area contributed by atoms with Gasteiger partial charge in [-0.2, -0.15) is 0 Å². The van der Waals surface area contributed by atoms with Gasteiger partial charge in [0.15, 0.2) is 5.82 Å². The highest BCUT2D eigenvalue weighted by Crippen LogP contribution is 2.24. The first-order valence-electron chi connectivity index (χ1n) is 8.97. The largest absolute Gasteiger partial charge is 0.325 e. The van der Waals surface area contributed by atoms with E-state index in [-0.39, 0.29) is 0 Å². The van der Waals surface area contributed by atoms with Gasteiger partial charge in [-0.3, -0.25) is 0 Å². The van der Waals surface area contributed by atoms with Gasteiger partial charge in [0, 0.05) is 23.6 Å². The smallest absolute Gasteiger partial charge is 0.162 e. The zero-order valence-corrected chi connectivity index (χ0v) is 15.2. The average Bonchev–Trinajstić information content (AvgIpc) is 3.42. The van der Waals surface area contributed by atoms with Gasteiger partial charge in [-0.25, -0.2) is 9.67 Å². The SMILES string of the molecule is c1cn(Cc2ccc3sccc3c2)c(-c2cn(C3CCNCC3)nn2)n1. The van der Waals surface area contributed by atoms with Crippen molar-refractivity contribution in [3.63, 3.8) is 0 Å². The van der Waals surface area contributed by atoms with Gasteiger partial charge in [-0.05, 0) is 60.5 Å². The summed E-state index contributed by atoms with van der Waals surface area (Å²) in [4.78, 5) is 4.53. The van der Waals surface area contributed by atoms with Crippen molar-refractivity contribution in [1.29, 1.82) is 0 Å². The van der Waals surface area contributed by atoms with E-state index in [0.717, 1.165) is 44.0 Å². The Morgan fingerprint density at radius 3 is 3.04 bits per heavy atom. The van der Waals surface area contributed by atoms with Crippen LogP contribution in [0.5, 0.6) is 0 Å². The number of benzene rings is 1. The summed E-state index contributed by atoms with van der Waals surface area (Å²) in [6.45, 7) is 2.86. The molecule has 1 aliphatic heterocycles.